The minimum atomic E-state index is -0.127. The van der Waals surface area contributed by atoms with Crippen molar-refractivity contribution in [3.8, 4) is 5.88 Å². The van der Waals surface area contributed by atoms with E-state index in [0.717, 1.165) is 18.4 Å². The predicted molar refractivity (Wildman–Crippen MR) is 78.5 cm³/mol. The van der Waals surface area contributed by atoms with Crippen LogP contribution in [0.5, 0.6) is 5.88 Å². The lowest BCUT2D eigenvalue weighted by atomic mass is 10.2. The third-order valence-corrected chi connectivity index (χ3v) is 3.47. The van der Waals surface area contributed by atoms with Crippen molar-refractivity contribution >= 4 is 0 Å². The Morgan fingerprint density at radius 2 is 1.90 bits per heavy atom. The summed E-state index contributed by atoms with van der Waals surface area (Å²) in [6, 6.07) is 12.9. The highest BCUT2D eigenvalue weighted by atomic mass is 16.5. The summed E-state index contributed by atoms with van der Waals surface area (Å²) in [6.45, 7) is 1.88. The highest BCUT2D eigenvalue weighted by molar-refractivity contribution is 5.15. The molecule has 0 amide bonds. The van der Waals surface area contributed by atoms with Crippen LogP contribution in [-0.2, 0) is 11.3 Å². The Kier molecular flexibility index (Phi) is 4.31. The molecule has 0 aliphatic carbocycles. The van der Waals surface area contributed by atoms with Gasteiger partial charge in [0.15, 0.2) is 0 Å². The van der Waals surface area contributed by atoms with Crippen LogP contribution in [0.4, 0.5) is 0 Å². The van der Waals surface area contributed by atoms with E-state index in [1.54, 1.807) is 6.07 Å². The van der Waals surface area contributed by atoms with Gasteiger partial charge in [-0.2, -0.15) is 0 Å². The molecule has 1 aromatic carbocycles. The quantitative estimate of drug-likeness (QED) is 0.860. The van der Waals surface area contributed by atoms with E-state index in [4.69, 9.17) is 9.47 Å². The van der Waals surface area contributed by atoms with E-state index in [1.165, 1.54) is 10.7 Å². The molecule has 3 rings (SSSR count). The monoisotopic (exact) mass is 286 g/mol. The molecule has 0 atom stereocenters. The van der Waals surface area contributed by atoms with E-state index in [-0.39, 0.29) is 11.7 Å². The highest BCUT2D eigenvalue weighted by Gasteiger charge is 2.16. The molecule has 1 fully saturated rings. The first-order valence-electron chi connectivity index (χ1n) is 7.18. The van der Waals surface area contributed by atoms with Crippen LogP contribution in [0.3, 0.4) is 0 Å². The number of ether oxygens (including phenoxy) is 2. The molecule has 1 saturated heterocycles. The summed E-state index contributed by atoms with van der Waals surface area (Å²) in [6.07, 6.45) is 1.84. The van der Waals surface area contributed by atoms with Crippen LogP contribution in [0, 0.1) is 0 Å². The molecule has 110 valence electrons. The molecule has 0 N–H and O–H groups in total. The summed E-state index contributed by atoms with van der Waals surface area (Å²) in [7, 11) is 0. The maximum atomic E-state index is 11.9. The van der Waals surface area contributed by atoms with E-state index in [9.17, 15) is 4.79 Å². The Morgan fingerprint density at radius 1 is 1.14 bits per heavy atom. The minimum Gasteiger partial charge on any atom is -0.473 e. The van der Waals surface area contributed by atoms with E-state index in [2.05, 4.69) is 5.10 Å². The van der Waals surface area contributed by atoms with Gasteiger partial charge in [-0.05, 0) is 5.56 Å². The summed E-state index contributed by atoms with van der Waals surface area (Å²) in [5.41, 5.74) is 0.911. The summed E-state index contributed by atoms with van der Waals surface area (Å²) in [5.74, 6) is 0.498. The average molecular weight is 286 g/mol. The fraction of sp³-hybridized carbons (Fsp3) is 0.375. The van der Waals surface area contributed by atoms with Gasteiger partial charge < -0.3 is 9.47 Å². The number of hydrogen-bond donors (Lipinski definition) is 0. The SMILES string of the molecule is O=c1ccc(OC2CCOCC2)nn1Cc1ccccc1. The van der Waals surface area contributed by atoms with E-state index in [1.807, 2.05) is 30.3 Å². The van der Waals surface area contributed by atoms with Crippen LogP contribution >= 0.6 is 0 Å². The molecule has 0 saturated carbocycles. The Labute approximate surface area is 123 Å². The van der Waals surface area contributed by atoms with Gasteiger partial charge in [-0.25, -0.2) is 4.68 Å². The molecule has 1 aliphatic heterocycles. The number of hydrogen-bond acceptors (Lipinski definition) is 4. The second-order valence-electron chi connectivity index (χ2n) is 5.08. The molecule has 5 heteroatoms. The smallest absolute Gasteiger partial charge is 0.267 e. The van der Waals surface area contributed by atoms with Gasteiger partial charge in [-0.15, -0.1) is 5.10 Å². The number of rotatable bonds is 4. The van der Waals surface area contributed by atoms with Crippen molar-refractivity contribution in [1.82, 2.24) is 9.78 Å². The summed E-state index contributed by atoms with van der Waals surface area (Å²) in [5, 5.41) is 4.30. The van der Waals surface area contributed by atoms with Crippen molar-refractivity contribution < 1.29 is 9.47 Å². The van der Waals surface area contributed by atoms with E-state index >= 15 is 0 Å². The zero-order valence-electron chi connectivity index (χ0n) is 11.8. The lowest BCUT2D eigenvalue weighted by Crippen LogP contribution is -2.28. The molecule has 5 nitrogen and oxygen atoms in total. The van der Waals surface area contributed by atoms with Gasteiger partial charge in [0.25, 0.3) is 5.56 Å². The second kappa shape index (κ2) is 6.54. The van der Waals surface area contributed by atoms with E-state index < -0.39 is 0 Å². The molecule has 2 heterocycles. The van der Waals surface area contributed by atoms with Gasteiger partial charge >= 0.3 is 0 Å². The number of nitrogens with zero attached hydrogens (tertiary/aromatic N) is 2. The minimum absolute atomic E-state index is 0.119. The van der Waals surface area contributed by atoms with Gasteiger partial charge in [0.05, 0.1) is 19.8 Å². The van der Waals surface area contributed by atoms with Crippen molar-refractivity contribution in [1.29, 1.82) is 0 Å². The van der Waals surface area contributed by atoms with Crippen molar-refractivity contribution in [2.24, 2.45) is 0 Å². The van der Waals surface area contributed by atoms with Crippen molar-refractivity contribution in [3.05, 3.63) is 58.4 Å². The second-order valence-corrected chi connectivity index (χ2v) is 5.08. The zero-order valence-corrected chi connectivity index (χ0v) is 11.8. The van der Waals surface area contributed by atoms with Crippen LogP contribution in [0.2, 0.25) is 0 Å². The molecule has 0 bridgehead atoms. The Hall–Kier alpha value is -2.14. The summed E-state index contributed by atoms with van der Waals surface area (Å²) < 4.78 is 12.6. The molecule has 0 radical (unpaired) electrons. The Balaban J connectivity index is 1.74. The number of benzene rings is 1. The van der Waals surface area contributed by atoms with Crippen LogP contribution in [0.1, 0.15) is 18.4 Å². The zero-order chi connectivity index (χ0) is 14.5. The average Bonchev–Trinajstić information content (AvgIpc) is 2.53. The molecule has 1 aliphatic rings. The summed E-state index contributed by atoms with van der Waals surface area (Å²) >= 11 is 0. The van der Waals surface area contributed by atoms with Crippen molar-refractivity contribution in [3.63, 3.8) is 0 Å². The topological polar surface area (TPSA) is 53.4 Å². The Morgan fingerprint density at radius 3 is 2.67 bits per heavy atom. The molecule has 0 spiro atoms. The maximum Gasteiger partial charge on any atom is 0.267 e. The van der Waals surface area contributed by atoms with Gasteiger partial charge in [0.2, 0.25) is 5.88 Å². The van der Waals surface area contributed by atoms with Gasteiger partial charge in [-0.3, -0.25) is 4.79 Å². The van der Waals surface area contributed by atoms with Crippen molar-refractivity contribution in [2.75, 3.05) is 13.2 Å². The van der Waals surface area contributed by atoms with Gasteiger partial charge in [-0.1, -0.05) is 30.3 Å². The van der Waals surface area contributed by atoms with Crippen LogP contribution in [0.15, 0.2) is 47.3 Å². The lowest BCUT2D eigenvalue weighted by Gasteiger charge is -2.22. The first-order valence-corrected chi connectivity index (χ1v) is 7.18. The predicted octanol–water partition coefficient (Wildman–Crippen LogP) is 1.85. The molecule has 0 unspecified atom stereocenters. The Bertz CT molecular complexity index is 633. The lowest BCUT2D eigenvalue weighted by molar-refractivity contribution is 0.0229. The first kappa shape index (κ1) is 13.8. The standard InChI is InChI=1S/C16H18N2O3/c19-16-7-6-15(21-14-8-10-20-11-9-14)17-18(16)12-13-4-2-1-3-5-13/h1-7,14H,8-12H2. The van der Waals surface area contributed by atoms with Crippen LogP contribution in [0.25, 0.3) is 0 Å². The molecule has 2 aromatic rings. The third-order valence-electron chi connectivity index (χ3n) is 3.47. The largest absolute Gasteiger partial charge is 0.473 e. The van der Waals surface area contributed by atoms with Crippen molar-refractivity contribution in [2.45, 2.75) is 25.5 Å². The summed E-state index contributed by atoms with van der Waals surface area (Å²) in [4.78, 5) is 11.9. The fourth-order valence-corrected chi connectivity index (χ4v) is 2.33. The molecule has 1 aromatic heterocycles. The normalized spacial score (nSPS) is 15.8. The van der Waals surface area contributed by atoms with Crippen LogP contribution in [-0.4, -0.2) is 29.1 Å². The van der Waals surface area contributed by atoms with E-state index in [0.29, 0.717) is 25.6 Å². The van der Waals surface area contributed by atoms with Gasteiger partial charge in [0, 0.05) is 25.0 Å². The fourth-order valence-electron chi connectivity index (χ4n) is 2.33. The highest BCUT2D eigenvalue weighted by Crippen LogP contribution is 2.14. The maximum absolute atomic E-state index is 11.9. The number of aromatic nitrogens is 2. The molecular weight excluding hydrogens is 268 g/mol. The molecular formula is C16H18N2O3. The first-order chi connectivity index (χ1) is 10.3. The molecule has 21 heavy (non-hydrogen) atoms. The third kappa shape index (κ3) is 3.70. The van der Waals surface area contributed by atoms with Gasteiger partial charge in [0.1, 0.15) is 6.10 Å². The van der Waals surface area contributed by atoms with Crippen LogP contribution < -0.4 is 10.3 Å².